The van der Waals surface area contributed by atoms with E-state index < -0.39 is 0 Å². The molecule has 2 aromatic rings. The minimum absolute atomic E-state index is 0.0403. The molecular formula is C11H11BrN2OS. The maximum atomic E-state index is 12.1. The summed E-state index contributed by atoms with van der Waals surface area (Å²) in [4.78, 5) is 12.8. The van der Waals surface area contributed by atoms with Gasteiger partial charge in [0.1, 0.15) is 0 Å². The number of hydrogen-bond acceptors (Lipinski definition) is 3. The lowest BCUT2D eigenvalue weighted by molar-refractivity contribution is 0.104. The summed E-state index contributed by atoms with van der Waals surface area (Å²) in [5.41, 5.74) is 1.74. The molecule has 2 rings (SSSR count). The number of carbonyl (C=O) groups is 1. The first-order chi connectivity index (χ1) is 7.61. The van der Waals surface area contributed by atoms with Gasteiger partial charge in [0.2, 0.25) is 5.78 Å². The summed E-state index contributed by atoms with van der Waals surface area (Å²) in [7, 11) is 0. The average molecular weight is 299 g/mol. The summed E-state index contributed by atoms with van der Waals surface area (Å²) in [6, 6.07) is 1.90. The third-order valence-electron chi connectivity index (χ3n) is 2.30. The van der Waals surface area contributed by atoms with Crippen LogP contribution in [0.15, 0.2) is 22.2 Å². The second-order valence-corrected chi connectivity index (χ2v) is 5.85. The van der Waals surface area contributed by atoms with E-state index in [0.717, 1.165) is 20.8 Å². The number of rotatable bonds is 3. The fourth-order valence-corrected chi connectivity index (χ4v) is 2.86. The SMILES string of the molecule is CCn1cc(C(=O)c2cc(C)c(Br)s2)cn1. The van der Waals surface area contributed by atoms with Gasteiger partial charge < -0.3 is 0 Å². The molecule has 0 fully saturated rings. The zero-order valence-electron chi connectivity index (χ0n) is 9.03. The number of hydrogen-bond donors (Lipinski definition) is 0. The van der Waals surface area contributed by atoms with Crippen LogP contribution < -0.4 is 0 Å². The van der Waals surface area contributed by atoms with Crippen LogP contribution in [0.2, 0.25) is 0 Å². The molecule has 5 heteroatoms. The quantitative estimate of drug-likeness (QED) is 0.815. The maximum Gasteiger partial charge on any atom is 0.206 e. The Kier molecular flexibility index (Phi) is 3.25. The first-order valence-electron chi connectivity index (χ1n) is 4.95. The predicted molar refractivity (Wildman–Crippen MR) is 68.1 cm³/mol. The number of thiophene rings is 1. The summed E-state index contributed by atoms with van der Waals surface area (Å²) in [5.74, 6) is 0.0403. The minimum Gasteiger partial charge on any atom is -0.288 e. The van der Waals surface area contributed by atoms with Crippen molar-refractivity contribution >= 4 is 33.0 Å². The lowest BCUT2D eigenvalue weighted by Gasteiger charge is -1.92. The maximum absolute atomic E-state index is 12.1. The summed E-state index contributed by atoms with van der Waals surface area (Å²) in [6.45, 7) is 4.75. The largest absolute Gasteiger partial charge is 0.288 e. The Bertz CT molecular complexity index is 510. The van der Waals surface area contributed by atoms with Gasteiger partial charge in [-0.15, -0.1) is 11.3 Å². The van der Waals surface area contributed by atoms with Crippen molar-refractivity contribution < 1.29 is 4.79 Å². The summed E-state index contributed by atoms with van der Waals surface area (Å²) < 4.78 is 2.77. The topological polar surface area (TPSA) is 34.9 Å². The van der Waals surface area contributed by atoms with Crippen LogP contribution in [0, 0.1) is 6.92 Å². The van der Waals surface area contributed by atoms with Crippen LogP contribution in [0.1, 0.15) is 27.7 Å². The van der Waals surface area contributed by atoms with E-state index >= 15 is 0 Å². The lowest BCUT2D eigenvalue weighted by Crippen LogP contribution is -1.97. The van der Waals surface area contributed by atoms with Gasteiger partial charge in [-0.3, -0.25) is 9.48 Å². The highest BCUT2D eigenvalue weighted by Crippen LogP contribution is 2.28. The van der Waals surface area contributed by atoms with E-state index in [1.54, 1.807) is 17.1 Å². The van der Waals surface area contributed by atoms with Gasteiger partial charge in [-0.1, -0.05) is 0 Å². The van der Waals surface area contributed by atoms with Crippen molar-refractivity contribution in [1.29, 1.82) is 0 Å². The number of aromatic nitrogens is 2. The number of ketones is 1. The van der Waals surface area contributed by atoms with E-state index in [1.807, 2.05) is 19.9 Å². The zero-order chi connectivity index (χ0) is 11.7. The molecule has 0 aliphatic heterocycles. The number of aryl methyl sites for hydroxylation is 2. The third-order valence-corrected chi connectivity index (χ3v) is 4.44. The molecule has 0 bridgehead atoms. The molecule has 0 amide bonds. The van der Waals surface area contributed by atoms with Gasteiger partial charge in [0.15, 0.2) is 0 Å². The Labute approximate surface area is 106 Å². The van der Waals surface area contributed by atoms with Gasteiger partial charge in [-0.25, -0.2) is 0 Å². The second kappa shape index (κ2) is 4.51. The van der Waals surface area contributed by atoms with Crippen molar-refractivity contribution in [2.45, 2.75) is 20.4 Å². The summed E-state index contributed by atoms with van der Waals surface area (Å²) in [5, 5.41) is 4.10. The Morgan fingerprint density at radius 3 is 2.88 bits per heavy atom. The van der Waals surface area contributed by atoms with E-state index in [1.165, 1.54) is 11.3 Å². The summed E-state index contributed by atoms with van der Waals surface area (Å²) in [6.07, 6.45) is 3.40. The standard InChI is InChI=1S/C11H11BrN2OS/c1-3-14-6-8(5-13-14)10(15)9-4-7(2)11(12)16-9/h4-6H,3H2,1-2H3. The third kappa shape index (κ3) is 2.10. The number of nitrogens with zero attached hydrogens (tertiary/aromatic N) is 2. The van der Waals surface area contributed by atoms with Crippen LogP contribution in [0.3, 0.4) is 0 Å². The molecule has 0 atom stereocenters. The van der Waals surface area contributed by atoms with E-state index in [4.69, 9.17) is 0 Å². The van der Waals surface area contributed by atoms with Crippen LogP contribution in [0.25, 0.3) is 0 Å². The van der Waals surface area contributed by atoms with Gasteiger partial charge >= 0.3 is 0 Å². The summed E-state index contributed by atoms with van der Waals surface area (Å²) >= 11 is 4.89. The number of halogens is 1. The first-order valence-corrected chi connectivity index (χ1v) is 6.56. The Hall–Kier alpha value is -0.940. The molecular weight excluding hydrogens is 288 g/mol. The molecule has 0 aliphatic carbocycles. The molecule has 16 heavy (non-hydrogen) atoms. The minimum atomic E-state index is 0.0403. The smallest absolute Gasteiger partial charge is 0.206 e. The normalized spacial score (nSPS) is 10.7. The predicted octanol–water partition coefficient (Wildman–Crippen LogP) is 3.27. The highest BCUT2D eigenvalue weighted by Gasteiger charge is 2.14. The second-order valence-electron chi connectivity index (χ2n) is 3.48. The van der Waals surface area contributed by atoms with Crippen molar-refractivity contribution in [3.8, 4) is 0 Å². The van der Waals surface area contributed by atoms with Gasteiger partial charge in [0.05, 0.1) is 20.4 Å². The molecule has 0 saturated carbocycles. The zero-order valence-corrected chi connectivity index (χ0v) is 11.4. The molecule has 0 N–H and O–H groups in total. The van der Waals surface area contributed by atoms with E-state index in [2.05, 4.69) is 21.0 Å². The van der Waals surface area contributed by atoms with Crippen molar-refractivity contribution in [2.75, 3.05) is 0 Å². The molecule has 0 unspecified atom stereocenters. The molecule has 0 aromatic carbocycles. The van der Waals surface area contributed by atoms with Crippen LogP contribution in [0.4, 0.5) is 0 Å². The molecule has 2 aromatic heterocycles. The fourth-order valence-electron chi connectivity index (χ4n) is 1.37. The van der Waals surface area contributed by atoms with Crippen LogP contribution in [0.5, 0.6) is 0 Å². The van der Waals surface area contributed by atoms with Gasteiger partial charge in [-0.05, 0) is 41.4 Å². The van der Waals surface area contributed by atoms with Gasteiger partial charge in [0.25, 0.3) is 0 Å². The van der Waals surface area contributed by atoms with E-state index in [9.17, 15) is 4.79 Å². The highest BCUT2D eigenvalue weighted by atomic mass is 79.9. The van der Waals surface area contributed by atoms with Crippen molar-refractivity contribution in [3.05, 3.63) is 38.3 Å². The molecule has 0 radical (unpaired) electrons. The lowest BCUT2D eigenvalue weighted by atomic mass is 10.2. The monoisotopic (exact) mass is 298 g/mol. The molecule has 0 saturated heterocycles. The number of carbonyl (C=O) groups excluding carboxylic acids is 1. The first kappa shape index (κ1) is 11.5. The fraction of sp³-hybridized carbons (Fsp3) is 0.273. The van der Waals surface area contributed by atoms with Crippen molar-refractivity contribution in [1.82, 2.24) is 9.78 Å². The molecule has 2 heterocycles. The Morgan fingerprint density at radius 2 is 2.38 bits per heavy atom. The van der Waals surface area contributed by atoms with E-state index in [0.29, 0.717) is 5.56 Å². The van der Waals surface area contributed by atoms with Crippen molar-refractivity contribution in [2.24, 2.45) is 0 Å². The van der Waals surface area contributed by atoms with Crippen LogP contribution >= 0.6 is 27.3 Å². The van der Waals surface area contributed by atoms with E-state index in [-0.39, 0.29) is 5.78 Å². The molecule has 0 spiro atoms. The van der Waals surface area contributed by atoms with Crippen LogP contribution in [-0.2, 0) is 6.54 Å². The highest BCUT2D eigenvalue weighted by molar-refractivity contribution is 9.11. The molecule has 3 nitrogen and oxygen atoms in total. The van der Waals surface area contributed by atoms with Gasteiger partial charge in [-0.2, -0.15) is 5.10 Å². The van der Waals surface area contributed by atoms with Crippen molar-refractivity contribution in [3.63, 3.8) is 0 Å². The Morgan fingerprint density at radius 1 is 1.62 bits per heavy atom. The Balaban J connectivity index is 2.31. The molecule has 0 aliphatic rings. The molecule has 84 valence electrons. The van der Waals surface area contributed by atoms with Crippen LogP contribution in [-0.4, -0.2) is 15.6 Å². The van der Waals surface area contributed by atoms with Gasteiger partial charge in [0, 0.05) is 12.7 Å². The average Bonchev–Trinajstić information content (AvgIpc) is 2.86.